The molecule has 0 aromatic carbocycles. The summed E-state index contributed by atoms with van der Waals surface area (Å²) < 4.78 is 11.7. The van der Waals surface area contributed by atoms with Gasteiger partial charge in [-0.3, -0.25) is 9.36 Å². The molecule has 20 heavy (non-hydrogen) atoms. The van der Waals surface area contributed by atoms with E-state index in [-0.39, 0.29) is 36.8 Å². The van der Waals surface area contributed by atoms with E-state index in [9.17, 15) is 23.8 Å². The molecule has 0 bridgehead atoms. The van der Waals surface area contributed by atoms with Gasteiger partial charge in [0.25, 0.3) is 5.91 Å². The second-order valence-electron chi connectivity index (χ2n) is 4.39. The predicted octanol–water partition coefficient (Wildman–Crippen LogP) is 0.909. The third-order valence-electron chi connectivity index (χ3n) is 2.33. The first kappa shape index (κ1) is 19.1. The summed E-state index contributed by atoms with van der Waals surface area (Å²) in [6, 6.07) is 0. The molecule has 116 valence electrons. The zero-order chi connectivity index (χ0) is 15.6. The molecule has 1 amide bonds. The third kappa shape index (κ3) is 11.0. The molecule has 0 aromatic heterocycles. The van der Waals surface area contributed by atoms with Crippen molar-refractivity contribution in [2.45, 2.75) is 37.9 Å². The second kappa shape index (κ2) is 9.96. The van der Waals surface area contributed by atoms with Gasteiger partial charge >= 0.3 is 5.97 Å². The predicted molar refractivity (Wildman–Crippen MR) is 76.8 cm³/mol. The number of aldehydes is 1. The maximum absolute atomic E-state index is 11.7. The van der Waals surface area contributed by atoms with Crippen LogP contribution in [0.15, 0.2) is 0 Å². The summed E-state index contributed by atoms with van der Waals surface area (Å²) in [5.41, 5.74) is 1.87. The number of hydroxylamine groups is 1. The van der Waals surface area contributed by atoms with Gasteiger partial charge in [-0.1, -0.05) is 6.92 Å². The minimum absolute atomic E-state index is 0.0135. The summed E-state index contributed by atoms with van der Waals surface area (Å²) in [4.78, 5) is 46.3. The Morgan fingerprint density at radius 2 is 2.05 bits per heavy atom. The molecule has 0 aliphatic heterocycles. The zero-order valence-corrected chi connectivity index (χ0v) is 13.1. The SMILES string of the molecule is CC(S)CCP(=O)(O)CCC(=O)ONC(=O)CCC=O. The van der Waals surface area contributed by atoms with Gasteiger partial charge in [-0.05, 0) is 11.7 Å². The number of carbonyl (C=O) groups excluding carboxylic acids is 3. The summed E-state index contributed by atoms with van der Waals surface area (Å²) in [5, 5.41) is 0.0135. The summed E-state index contributed by atoms with van der Waals surface area (Å²) >= 11 is 4.11. The molecule has 0 aliphatic rings. The Labute approximate surface area is 123 Å². The van der Waals surface area contributed by atoms with Crippen molar-refractivity contribution in [3.8, 4) is 0 Å². The molecule has 0 aliphatic carbocycles. The van der Waals surface area contributed by atoms with Gasteiger partial charge in [0.15, 0.2) is 0 Å². The smallest absolute Gasteiger partial charge is 0.332 e. The van der Waals surface area contributed by atoms with E-state index in [4.69, 9.17) is 0 Å². The van der Waals surface area contributed by atoms with E-state index in [1.165, 1.54) is 0 Å². The zero-order valence-electron chi connectivity index (χ0n) is 11.3. The first-order valence-electron chi connectivity index (χ1n) is 6.18. The lowest BCUT2D eigenvalue weighted by Crippen LogP contribution is -2.27. The lowest BCUT2D eigenvalue weighted by molar-refractivity contribution is -0.157. The first-order chi connectivity index (χ1) is 9.26. The largest absolute Gasteiger partial charge is 0.344 e. The van der Waals surface area contributed by atoms with Crippen LogP contribution in [-0.4, -0.2) is 40.6 Å². The monoisotopic (exact) mass is 325 g/mol. The van der Waals surface area contributed by atoms with Gasteiger partial charge in [0, 0.05) is 25.2 Å². The van der Waals surface area contributed by atoms with Crippen LogP contribution in [0.4, 0.5) is 0 Å². The Balaban J connectivity index is 3.89. The number of amides is 1. The van der Waals surface area contributed by atoms with Crippen LogP contribution in [-0.2, 0) is 23.8 Å². The summed E-state index contributed by atoms with van der Waals surface area (Å²) in [7, 11) is -3.37. The fraction of sp³-hybridized carbons (Fsp3) is 0.727. The fourth-order valence-electron chi connectivity index (χ4n) is 1.17. The van der Waals surface area contributed by atoms with Gasteiger partial charge in [0.2, 0.25) is 7.37 Å². The summed E-state index contributed by atoms with van der Waals surface area (Å²) in [6.45, 7) is 1.81. The van der Waals surface area contributed by atoms with Crippen molar-refractivity contribution in [2.24, 2.45) is 0 Å². The first-order valence-corrected chi connectivity index (χ1v) is 8.72. The molecule has 0 heterocycles. The highest BCUT2D eigenvalue weighted by atomic mass is 32.1. The molecule has 0 saturated carbocycles. The van der Waals surface area contributed by atoms with Crippen molar-refractivity contribution in [3.05, 3.63) is 0 Å². The molecule has 0 rings (SSSR count). The van der Waals surface area contributed by atoms with Crippen molar-refractivity contribution < 1.29 is 28.7 Å². The van der Waals surface area contributed by atoms with E-state index >= 15 is 0 Å². The van der Waals surface area contributed by atoms with Crippen LogP contribution in [0.5, 0.6) is 0 Å². The van der Waals surface area contributed by atoms with Crippen LogP contribution in [0.3, 0.4) is 0 Å². The molecule has 0 fully saturated rings. The lowest BCUT2D eigenvalue weighted by Gasteiger charge is -2.12. The molecule has 2 unspecified atom stereocenters. The minimum atomic E-state index is -3.37. The highest BCUT2D eigenvalue weighted by Crippen LogP contribution is 2.42. The van der Waals surface area contributed by atoms with Crippen molar-refractivity contribution >= 4 is 38.2 Å². The molecule has 9 heteroatoms. The van der Waals surface area contributed by atoms with Crippen LogP contribution >= 0.6 is 20.0 Å². The molecule has 7 nitrogen and oxygen atoms in total. The van der Waals surface area contributed by atoms with Gasteiger partial charge in [-0.15, -0.1) is 0 Å². The normalized spacial score (nSPS) is 14.9. The average molecular weight is 325 g/mol. The van der Waals surface area contributed by atoms with Crippen LogP contribution in [0, 0.1) is 0 Å². The maximum atomic E-state index is 11.7. The number of thiol groups is 1. The number of carbonyl (C=O) groups is 3. The van der Waals surface area contributed by atoms with Crippen molar-refractivity contribution in [3.63, 3.8) is 0 Å². The van der Waals surface area contributed by atoms with E-state index in [1.54, 1.807) is 0 Å². The highest BCUT2D eigenvalue weighted by Gasteiger charge is 2.21. The van der Waals surface area contributed by atoms with Crippen molar-refractivity contribution in [1.82, 2.24) is 5.48 Å². The van der Waals surface area contributed by atoms with Crippen LogP contribution in [0.1, 0.15) is 32.6 Å². The highest BCUT2D eigenvalue weighted by molar-refractivity contribution is 7.80. The Hall–Kier alpha value is -0.850. The number of hydrogen-bond donors (Lipinski definition) is 3. The molecular formula is C11H20NO6PS. The van der Waals surface area contributed by atoms with Crippen LogP contribution in [0.2, 0.25) is 0 Å². The molecule has 0 aromatic rings. The van der Waals surface area contributed by atoms with E-state index < -0.39 is 19.2 Å². The number of hydrogen-bond acceptors (Lipinski definition) is 6. The lowest BCUT2D eigenvalue weighted by atomic mass is 10.3. The second-order valence-corrected chi connectivity index (χ2v) is 7.85. The fourth-order valence-corrected chi connectivity index (χ4v) is 3.05. The molecule has 0 spiro atoms. The summed E-state index contributed by atoms with van der Waals surface area (Å²) in [5.74, 6) is -1.39. The van der Waals surface area contributed by atoms with E-state index in [1.807, 2.05) is 12.4 Å². The molecule has 0 radical (unpaired) electrons. The Kier molecular flexibility index (Phi) is 9.54. The Morgan fingerprint density at radius 3 is 2.60 bits per heavy atom. The number of nitrogens with one attached hydrogen (secondary N) is 1. The van der Waals surface area contributed by atoms with Crippen LogP contribution < -0.4 is 5.48 Å². The minimum Gasteiger partial charge on any atom is -0.344 e. The molecular weight excluding hydrogens is 305 g/mol. The standard InChI is InChI=1S/C11H20NO6PS/c1-9(20)4-7-19(16,17)8-5-11(15)18-12-10(14)3-2-6-13/h6,9,20H,2-5,7-8H2,1H3,(H,12,14)(H,16,17). The molecule has 2 N–H and O–H groups in total. The topological polar surface area (TPSA) is 110 Å². The van der Waals surface area contributed by atoms with Gasteiger partial charge in [-0.2, -0.15) is 18.1 Å². The maximum Gasteiger partial charge on any atom is 0.332 e. The van der Waals surface area contributed by atoms with E-state index in [2.05, 4.69) is 17.5 Å². The van der Waals surface area contributed by atoms with Crippen LogP contribution in [0.25, 0.3) is 0 Å². The third-order valence-corrected chi connectivity index (χ3v) is 4.47. The average Bonchev–Trinajstić information content (AvgIpc) is 2.38. The molecule has 2 atom stereocenters. The van der Waals surface area contributed by atoms with E-state index in [0.717, 1.165) is 0 Å². The Bertz CT molecular complexity index is 387. The van der Waals surface area contributed by atoms with Gasteiger partial charge in [0.05, 0.1) is 6.42 Å². The Morgan fingerprint density at radius 1 is 1.40 bits per heavy atom. The quantitative estimate of drug-likeness (QED) is 0.251. The summed E-state index contributed by atoms with van der Waals surface area (Å²) in [6.07, 6.45) is 0.655. The van der Waals surface area contributed by atoms with E-state index in [0.29, 0.717) is 12.7 Å². The van der Waals surface area contributed by atoms with Crippen molar-refractivity contribution in [2.75, 3.05) is 12.3 Å². The van der Waals surface area contributed by atoms with Gasteiger partial charge in [-0.25, -0.2) is 4.79 Å². The number of rotatable bonds is 9. The van der Waals surface area contributed by atoms with Crippen molar-refractivity contribution in [1.29, 1.82) is 0 Å². The van der Waals surface area contributed by atoms with Gasteiger partial charge < -0.3 is 14.5 Å². The molecule has 0 saturated heterocycles. The van der Waals surface area contributed by atoms with Gasteiger partial charge in [0.1, 0.15) is 6.29 Å².